The van der Waals surface area contributed by atoms with E-state index in [4.69, 9.17) is 16.2 Å². The van der Waals surface area contributed by atoms with Crippen LogP contribution in [-0.4, -0.2) is 49.5 Å². The molecule has 0 radical (unpaired) electrons. The zero-order valence-electron chi connectivity index (χ0n) is 17.9. The van der Waals surface area contributed by atoms with Crippen molar-refractivity contribution >= 4 is 12.1 Å². The molecule has 0 amide bonds. The molecular formula is C23H37N5O. The molecule has 6 nitrogen and oxygen atoms in total. The van der Waals surface area contributed by atoms with Crippen molar-refractivity contribution in [1.29, 1.82) is 0 Å². The van der Waals surface area contributed by atoms with Crippen molar-refractivity contribution in [2.45, 2.75) is 64.6 Å². The minimum Gasteiger partial charge on any atom is -0.494 e. The van der Waals surface area contributed by atoms with Crippen LogP contribution < -0.4 is 16.2 Å². The summed E-state index contributed by atoms with van der Waals surface area (Å²) in [6.07, 6.45) is 10.3. The van der Waals surface area contributed by atoms with Crippen molar-refractivity contribution in [2.75, 3.05) is 26.2 Å². The van der Waals surface area contributed by atoms with Crippen molar-refractivity contribution < 1.29 is 4.74 Å². The molecular weight excluding hydrogens is 362 g/mol. The van der Waals surface area contributed by atoms with E-state index < -0.39 is 6.29 Å². The number of hydrogen-bond donors (Lipinski definition) is 2. The van der Waals surface area contributed by atoms with Gasteiger partial charge in [-0.3, -0.25) is 10.7 Å². The predicted octanol–water partition coefficient (Wildman–Crippen LogP) is 3.34. The second-order valence-electron chi connectivity index (χ2n) is 8.39. The lowest BCUT2D eigenvalue weighted by Gasteiger charge is -2.33. The number of likely N-dealkylation sites (tertiary alicyclic amines) is 1. The van der Waals surface area contributed by atoms with E-state index in [1.54, 1.807) is 0 Å². The second kappa shape index (κ2) is 10.7. The second-order valence-corrected chi connectivity index (χ2v) is 8.39. The van der Waals surface area contributed by atoms with Gasteiger partial charge in [0.1, 0.15) is 11.6 Å². The highest BCUT2D eigenvalue weighted by Crippen LogP contribution is 2.31. The van der Waals surface area contributed by atoms with Crippen molar-refractivity contribution in [1.82, 2.24) is 4.90 Å². The molecule has 0 bridgehead atoms. The van der Waals surface area contributed by atoms with Gasteiger partial charge < -0.3 is 15.4 Å². The van der Waals surface area contributed by atoms with Gasteiger partial charge in [-0.05, 0) is 62.9 Å². The van der Waals surface area contributed by atoms with Crippen LogP contribution in [0.1, 0.15) is 57.4 Å². The molecule has 2 unspecified atom stereocenters. The molecule has 29 heavy (non-hydrogen) atoms. The summed E-state index contributed by atoms with van der Waals surface area (Å²) in [7, 11) is 0. The SMILES string of the molecule is CCCCCC1(Cc2ccc(OCCCN3CCCC3)cc2)C=NC(N)N=C1N. The fraction of sp³-hybridized carbons (Fsp3) is 0.652. The van der Waals surface area contributed by atoms with Gasteiger partial charge in [0.2, 0.25) is 0 Å². The van der Waals surface area contributed by atoms with Crippen molar-refractivity contribution in [2.24, 2.45) is 26.9 Å². The summed E-state index contributed by atoms with van der Waals surface area (Å²) in [6.45, 7) is 6.60. The zero-order valence-corrected chi connectivity index (χ0v) is 17.9. The van der Waals surface area contributed by atoms with E-state index in [1.165, 1.54) is 44.3 Å². The molecule has 3 rings (SSSR count). The van der Waals surface area contributed by atoms with Gasteiger partial charge in [0, 0.05) is 12.8 Å². The summed E-state index contributed by atoms with van der Waals surface area (Å²) < 4.78 is 5.93. The molecule has 1 fully saturated rings. The molecule has 0 saturated carbocycles. The summed E-state index contributed by atoms with van der Waals surface area (Å²) in [5, 5.41) is 0. The van der Waals surface area contributed by atoms with Crippen LogP contribution >= 0.6 is 0 Å². The number of aliphatic imine (C=N–C) groups is 2. The Bertz CT molecular complexity index is 681. The molecule has 0 aliphatic carbocycles. The van der Waals surface area contributed by atoms with Crippen LogP contribution in [0.3, 0.4) is 0 Å². The predicted molar refractivity (Wildman–Crippen MR) is 121 cm³/mol. The molecule has 4 N–H and O–H groups in total. The quantitative estimate of drug-likeness (QED) is 0.559. The third-order valence-corrected chi connectivity index (χ3v) is 6.01. The summed E-state index contributed by atoms with van der Waals surface area (Å²) in [4.78, 5) is 11.2. The van der Waals surface area contributed by atoms with Crippen molar-refractivity contribution in [3.63, 3.8) is 0 Å². The maximum atomic E-state index is 6.35. The normalized spacial score (nSPS) is 24.6. The molecule has 1 aromatic rings. The fourth-order valence-corrected chi connectivity index (χ4v) is 4.25. The zero-order chi connectivity index (χ0) is 20.5. The van der Waals surface area contributed by atoms with Gasteiger partial charge in [0.05, 0.1) is 12.0 Å². The van der Waals surface area contributed by atoms with Crippen LogP contribution in [-0.2, 0) is 6.42 Å². The first-order valence-electron chi connectivity index (χ1n) is 11.2. The topological polar surface area (TPSA) is 89.2 Å². The molecule has 0 spiro atoms. The smallest absolute Gasteiger partial charge is 0.192 e. The molecule has 1 aromatic carbocycles. The lowest BCUT2D eigenvalue weighted by Crippen LogP contribution is -2.45. The Kier molecular flexibility index (Phi) is 8.07. The first-order chi connectivity index (χ1) is 14.1. The van der Waals surface area contributed by atoms with Gasteiger partial charge >= 0.3 is 0 Å². The first kappa shape index (κ1) is 21.8. The molecule has 2 atom stereocenters. The third-order valence-electron chi connectivity index (χ3n) is 6.01. The molecule has 6 heteroatoms. The number of rotatable bonds is 11. The van der Waals surface area contributed by atoms with Crippen LogP contribution in [0.25, 0.3) is 0 Å². The van der Waals surface area contributed by atoms with Crippen LogP contribution in [0, 0.1) is 5.41 Å². The summed E-state index contributed by atoms with van der Waals surface area (Å²) in [5.74, 6) is 1.54. The number of nitrogens with two attached hydrogens (primary N) is 2. The Morgan fingerprint density at radius 3 is 2.59 bits per heavy atom. The highest BCUT2D eigenvalue weighted by molar-refractivity contribution is 6.02. The van der Waals surface area contributed by atoms with Gasteiger partial charge in [0.15, 0.2) is 6.29 Å². The Balaban J connectivity index is 1.54. The number of ether oxygens (including phenoxy) is 1. The molecule has 2 aliphatic rings. The Morgan fingerprint density at radius 1 is 1.14 bits per heavy atom. The lowest BCUT2D eigenvalue weighted by atomic mass is 9.76. The maximum absolute atomic E-state index is 6.35. The van der Waals surface area contributed by atoms with Gasteiger partial charge in [-0.1, -0.05) is 38.3 Å². The third kappa shape index (κ3) is 6.28. The van der Waals surface area contributed by atoms with Crippen LogP contribution in [0.2, 0.25) is 0 Å². The van der Waals surface area contributed by atoms with Gasteiger partial charge in [-0.15, -0.1) is 0 Å². The highest BCUT2D eigenvalue weighted by atomic mass is 16.5. The van der Waals surface area contributed by atoms with E-state index in [2.05, 4.69) is 46.1 Å². The van der Waals surface area contributed by atoms with Crippen molar-refractivity contribution in [3.05, 3.63) is 29.8 Å². The molecule has 160 valence electrons. The van der Waals surface area contributed by atoms with E-state index in [-0.39, 0.29) is 5.41 Å². The molecule has 1 saturated heterocycles. The fourth-order valence-electron chi connectivity index (χ4n) is 4.25. The maximum Gasteiger partial charge on any atom is 0.192 e. The Labute approximate surface area is 175 Å². The average molecular weight is 400 g/mol. The summed E-state index contributed by atoms with van der Waals surface area (Å²) >= 11 is 0. The Hall–Kier alpha value is -1.92. The van der Waals surface area contributed by atoms with Gasteiger partial charge in [0.25, 0.3) is 0 Å². The molecule has 2 aliphatic heterocycles. The number of unbranched alkanes of at least 4 members (excludes halogenated alkanes) is 2. The number of amidine groups is 1. The van der Waals surface area contributed by atoms with Gasteiger partial charge in [-0.2, -0.15) is 0 Å². The first-order valence-corrected chi connectivity index (χ1v) is 11.2. The monoisotopic (exact) mass is 399 g/mol. The number of benzene rings is 1. The van der Waals surface area contributed by atoms with Gasteiger partial charge in [-0.25, -0.2) is 4.99 Å². The van der Waals surface area contributed by atoms with Crippen molar-refractivity contribution in [3.8, 4) is 5.75 Å². The average Bonchev–Trinajstić information content (AvgIpc) is 3.23. The number of hydrogen-bond acceptors (Lipinski definition) is 6. The van der Waals surface area contributed by atoms with Crippen LogP contribution in [0.4, 0.5) is 0 Å². The summed E-state index contributed by atoms with van der Waals surface area (Å²) in [5.41, 5.74) is 13.1. The van der Waals surface area contributed by atoms with E-state index in [9.17, 15) is 0 Å². The van der Waals surface area contributed by atoms with Crippen LogP contribution in [0.5, 0.6) is 5.75 Å². The largest absolute Gasteiger partial charge is 0.494 e. The minimum absolute atomic E-state index is 0.330. The van der Waals surface area contributed by atoms with E-state index in [0.29, 0.717) is 5.84 Å². The van der Waals surface area contributed by atoms with E-state index >= 15 is 0 Å². The number of nitrogens with zero attached hydrogens (tertiary/aromatic N) is 3. The van der Waals surface area contributed by atoms with E-state index in [0.717, 1.165) is 44.6 Å². The van der Waals surface area contributed by atoms with Crippen LogP contribution in [0.15, 0.2) is 34.3 Å². The molecule has 2 heterocycles. The van der Waals surface area contributed by atoms with E-state index in [1.807, 2.05) is 6.21 Å². The Morgan fingerprint density at radius 2 is 1.90 bits per heavy atom. The lowest BCUT2D eigenvalue weighted by molar-refractivity contribution is 0.263. The minimum atomic E-state index is -0.564. The molecule has 0 aromatic heterocycles. The summed E-state index contributed by atoms with van der Waals surface area (Å²) in [6, 6.07) is 8.38. The highest BCUT2D eigenvalue weighted by Gasteiger charge is 2.35. The standard InChI is InChI=1S/C23H37N5O/c1-2-3-4-12-23(18-26-22(25)27-21(23)24)17-19-8-10-20(11-9-19)29-16-7-15-28-13-5-6-14-28/h8-11,18,22H,2-7,12-17,25H2,1H3,(H2,24,27).